The van der Waals surface area contributed by atoms with Crippen LogP contribution in [0, 0.1) is 0 Å². The van der Waals surface area contributed by atoms with E-state index in [0.29, 0.717) is 25.6 Å². The highest BCUT2D eigenvalue weighted by molar-refractivity contribution is 5.80. The van der Waals surface area contributed by atoms with Crippen LogP contribution in [0.25, 0.3) is 0 Å². The minimum atomic E-state index is -0.498. The first kappa shape index (κ1) is 20.8. The van der Waals surface area contributed by atoms with Crippen molar-refractivity contribution in [2.45, 2.75) is 52.3 Å². The van der Waals surface area contributed by atoms with Gasteiger partial charge in [-0.1, -0.05) is 6.07 Å². The first-order valence-corrected chi connectivity index (χ1v) is 9.34. The molecule has 1 amide bonds. The molecule has 2 rings (SSSR count). The third-order valence-electron chi connectivity index (χ3n) is 3.99. The lowest BCUT2D eigenvalue weighted by molar-refractivity contribution is 0.0507. The lowest BCUT2D eigenvalue weighted by Gasteiger charge is -2.23. The number of hydrogen-bond donors (Lipinski definition) is 2. The number of rotatable bonds is 5. The minimum Gasteiger partial charge on any atom is -0.478 e. The maximum atomic E-state index is 12.0. The second kappa shape index (κ2) is 9.43. The van der Waals surface area contributed by atoms with Gasteiger partial charge < -0.3 is 25.0 Å². The van der Waals surface area contributed by atoms with Crippen LogP contribution < -0.4 is 15.4 Å². The van der Waals surface area contributed by atoms with E-state index in [1.807, 2.05) is 39.8 Å². The topological polar surface area (TPSA) is 88.1 Å². The molecule has 0 saturated carbocycles. The second-order valence-electron chi connectivity index (χ2n) is 7.38. The molecule has 0 aromatic carbocycles. The maximum Gasteiger partial charge on any atom is 0.407 e. The lowest BCUT2D eigenvalue weighted by Crippen LogP contribution is -2.44. The average Bonchev–Trinajstić information content (AvgIpc) is 3.03. The molecule has 1 aromatic rings. The van der Waals surface area contributed by atoms with Gasteiger partial charge in [0.25, 0.3) is 0 Å². The van der Waals surface area contributed by atoms with Gasteiger partial charge in [-0.25, -0.2) is 9.78 Å². The summed E-state index contributed by atoms with van der Waals surface area (Å²) in [6, 6.07) is 3.91. The number of nitrogens with one attached hydrogen (secondary N) is 2. The van der Waals surface area contributed by atoms with E-state index >= 15 is 0 Å². The van der Waals surface area contributed by atoms with E-state index in [9.17, 15) is 4.79 Å². The van der Waals surface area contributed by atoms with Crippen LogP contribution in [0.3, 0.4) is 0 Å². The Morgan fingerprint density at radius 3 is 2.89 bits per heavy atom. The number of nitrogens with zero attached hydrogens (tertiary/aromatic N) is 3. The highest BCUT2D eigenvalue weighted by Gasteiger charge is 2.27. The highest BCUT2D eigenvalue weighted by atomic mass is 16.6. The van der Waals surface area contributed by atoms with Crippen molar-refractivity contribution in [2.75, 3.05) is 26.7 Å². The number of amides is 1. The van der Waals surface area contributed by atoms with Crippen LogP contribution in [0.15, 0.2) is 23.3 Å². The van der Waals surface area contributed by atoms with E-state index < -0.39 is 5.60 Å². The van der Waals surface area contributed by atoms with Crippen molar-refractivity contribution in [2.24, 2.45) is 4.99 Å². The van der Waals surface area contributed by atoms with Gasteiger partial charge >= 0.3 is 6.09 Å². The zero-order valence-corrected chi connectivity index (χ0v) is 16.9. The number of carbonyl (C=O) groups is 1. The zero-order chi connectivity index (χ0) is 19.9. The second-order valence-corrected chi connectivity index (χ2v) is 7.38. The summed E-state index contributed by atoms with van der Waals surface area (Å²) in [6.07, 6.45) is 2.18. The van der Waals surface area contributed by atoms with Gasteiger partial charge in [-0.3, -0.25) is 4.99 Å². The SMILES string of the molecule is CCOc1ncccc1CNC(=NC)N1CCC(NC(=O)OC(C)(C)C)C1. The third-order valence-corrected chi connectivity index (χ3v) is 3.99. The fraction of sp³-hybridized carbons (Fsp3) is 0.632. The molecule has 8 heteroatoms. The van der Waals surface area contributed by atoms with Gasteiger partial charge in [0.1, 0.15) is 5.60 Å². The Labute approximate surface area is 161 Å². The molecule has 0 aliphatic carbocycles. The largest absolute Gasteiger partial charge is 0.478 e. The molecule has 2 heterocycles. The van der Waals surface area contributed by atoms with Crippen molar-refractivity contribution in [3.63, 3.8) is 0 Å². The zero-order valence-electron chi connectivity index (χ0n) is 16.9. The Bertz CT molecular complexity index is 657. The van der Waals surface area contributed by atoms with Crippen LogP contribution in [-0.2, 0) is 11.3 Å². The van der Waals surface area contributed by atoms with E-state index in [2.05, 4.69) is 25.5 Å². The Balaban J connectivity index is 1.87. The van der Waals surface area contributed by atoms with E-state index in [1.54, 1.807) is 13.2 Å². The van der Waals surface area contributed by atoms with Gasteiger partial charge in [0.2, 0.25) is 5.88 Å². The number of pyridine rings is 1. The number of aromatic nitrogens is 1. The molecule has 1 fully saturated rings. The van der Waals surface area contributed by atoms with E-state index in [-0.39, 0.29) is 12.1 Å². The molecule has 0 spiro atoms. The molecule has 1 aliphatic rings. The van der Waals surface area contributed by atoms with Crippen LogP contribution in [0.4, 0.5) is 4.79 Å². The number of carbonyl (C=O) groups excluding carboxylic acids is 1. The molecule has 0 bridgehead atoms. The molecule has 1 atom stereocenters. The van der Waals surface area contributed by atoms with Crippen molar-refractivity contribution in [1.82, 2.24) is 20.5 Å². The van der Waals surface area contributed by atoms with Crippen LogP contribution in [0.5, 0.6) is 5.88 Å². The molecule has 1 unspecified atom stereocenters. The summed E-state index contributed by atoms with van der Waals surface area (Å²) in [6.45, 7) is 10.1. The Hall–Kier alpha value is -2.51. The molecular formula is C19H31N5O3. The number of ether oxygens (including phenoxy) is 2. The van der Waals surface area contributed by atoms with Gasteiger partial charge in [-0.15, -0.1) is 0 Å². The molecule has 1 aliphatic heterocycles. The fourth-order valence-corrected chi connectivity index (χ4v) is 2.88. The molecule has 27 heavy (non-hydrogen) atoms. The number of aliphatic imine (C=N–C) groups is 1. The van der Waals surface area contributed by atoms with Gasteiger partial charge in [0.15, 0.2) is 5.96 Å². The number of hydrogen-bond acceptors (Lipinski definition) is 5. The minimum absolute atomic E-state index is 0.0378. The van der Waals surface area contributed by atoms with Crippen molar-refractivity contribution in [3.8, 4) is 5.88 Å². The van der Waals surface area contributed by atoms with Crippen molar-refractivity contribution in [3.05, 3.63) is 23.9 Å². The smallest absolute Gasteiger partial charge is 0.407 e. The van der Waals surface area contributed by atoms with E-state index in [4.69, 9.17) is 9.47 Å². The summed E-state index contributed by atoms with van der Waals surface area (Å²) in [5, 5.41) is 6.28. The average molecular weight is 377 g/mol. The van der Waals surface area contributed by atoms with Gasteiger partial charge in [-0.05, 0) is 40.2 Å². The van der Waals surface area contributed by atoms with Gasteiger partial charge in [0.05, 0.1) is 12.6 Å². The quantitative estimate of drug-likeness (QED) is 0.604. The standard InChI is InChI=1S/C19H31N5O3/c1-6-26-16-14(8-7-10-21-16)12-22-17(20-5)24-11-9-15(13-24)23-18(25)27-19(2,3)4/h7-8,10,15H,6,9,11-13H2,1-5H3,(H,20,22)(H,23,25). The molecule has 8 nitrogen and oxygen atoms in total. The van der Waals surface area contributed by atoms with Gasteiger partial charge in [0, 0.05) is 38.4 Å². The number of likely N-dealkylation sites (tertiary alicyclic amines) is 1. The molecule has 1 aromatic heterocycles. The van der Waals surface area contributed by atoms with Crippen LogP contribution >= 0.6 is 0 Å². The molecule has 0 radical (unpaired) electrons. The summed E-state index contributed by atoms with van der Waals surface area (Å²) >= 11 is 0. The summed E-state index contributed by atoms with van der Waals surface area (Å²) < 4.78 is 10.9. The first-order chi connectivity index (χ1) is 12.8. The van der Waals surface area contributed by atoms with Crippen molar-refractivity contribution < 1.29 is 14.3 Å². The van der Waals surface area contributed by atoms with E-state index in [0.717, 1.165) is 24.5 Å². The Morgan fingerprint density at radius 1 is 1.44 bits per heavy atom. The molecule has 1 saturated heterocycles. The van der Waals surface area contributed by atoms with Gasteiger partial charge in [-0.2, -0.15) is 0 Å². The third kappa shape index (κ3) is 6.62. The number of alkyl carbamates (subject to hydrolysis) is 1. The normalized spacial score (nSPS) is 17.6. The number of guanidine groups is 1. The summed E-state index contributed by atoms with van der Waals surface area (Å²) in [5.41, 5.74) is 0.477. The monoisotopic (exact) mass is 377 g/mol. The predicted octanol–water partition coefficient (Wildman–Crippen LogP) is 2.15. The highest BCUT2D eigenvalue weighted by Crippen LogP contribution is 2.15. The predicted molar refractivity (Wildman–Crippen MR) is 105 cm³/mol. The first-order valence-electron chi connectivity index (χ1n) is 9.34. The molecule has 2 N–H and O–H groups in total. The Morgan fingerprint density at radius 2 is 2.22 bits per heavy atom. The van der Waals surface area contributed by atoms with Crippen molar-refractivity contribution >= 4 is 12.1 Å². The van der Waals surface area contributed by atoms with Crippen LogP contribution in [-0.4, -0.2) is 60.3 Å². The van der Waals surface area contributed by atoms with Crippen molar-refractivity contribution in [1.29, 1.82) is 0 Å². The lowest BCUT2D eigenvalue weighted by atomic mass is 10.2. The Kier molecular flexibility index (Phi) is 7.27. The fourth-order valence-electron chi connectivity index (χ4n) is 2.88. The van der Waals surface area contributed by atoms with Crippen LogP contribution in [0.2, 0.25) is 0 Å². The summed E-state index contributed by atoms with van der Waals surface area (Å²) in [4.78, 5) is 22.7. The van der Waals surface area contributed by atoms with Crippen LogP contribution in [0.1, 0.15) is 39.7 Å². The molecule has 150 valence electrons. The summed E-state index contributed by atoms with van der Waals surface area (Å²) in [5.74, 6) is 1.42. The summed E-state index contributed by atoms with van der Waals surface area (Å²) in [7, 11) is 1.75. The molecular weight excluding hydrogens is 346 g/mol. The maximum absolute atomic E-state index is 12.0. The van der Waals surface area contributed by atoms with E-state index in [1.165, 1.54) is 0 Å².